The summed E-state index contributed by atoms with van der Waals surface area (Å²) in [6.07, 6.45) is 3.80. The molecule has 2 N–H and O–H groups in total. The fourth-order valence-corrected chi connectivity index (χ4v) is 2.16. The third kappa shape index (κ3) is 2.19. The maximum absolute atomic E-state index is 5.73. The van der Waals surface area contributed by atoms with Crippen molar-refractivity contribution in [2.45, 2.75) is 39.2 Å². The number of hydrogen-bond donors (Lipinski definition) is 1. The molecule has 2 rings (SSSR count). The number of rotatable bonds is 1. The van der Waals surface area contributed by atoms with Crippen LogP contribution in [-0.2, 0) is 0 Å². The lowest BCUT2D eigenvalue weighted by Gasteiger charge is -2.34. The smallest absolute Gasteiger partial charge is 0.134 e. The van der Waals surface area contributed by atoms with Crippen molar-refractivity contribution in [2.24, 2.45) is 0 Å². The maximum atomic E-state index is 5.73. The van der Waals surface area contributed by atoms with E-state index in [1.54, 1.807) is 0 Å². The van der Waals surface area contributed by atoms with Gasteiger partial charge in [-0.1, -0.05) is 0 Å². The molecule has 0 radical (unpaired) electrons. The SMILES string of the molecule is Cc1nc(N)cc(N2CCCCC2C)n1. The van der Waals surface area contributed by atoms with Crippen LogP contribution in [0.5, 0.6) is 0 Å². The Labute approximate surface area is 90.5 Å². The molecule has 4 nitrogen and oxygen atoms in total. The molecule has 4 heteroatoms. The highest BCUT2D eigenvalue weighted by Crippen LogP contribution is 2.23. The third-order valence-corrected chi connectivity index (χ3v) is 2.94. The number of piperidine rings is 1. The first-order valence-electron chi connectivity index (χ1n) is 5.54. The van der Waals surface area contributed by atoms with Crippen LogP contribution in [0, 0.1) is 6.92 Å². The Bertz CT molecular complexity index is 330. The summed E-state index contributed by atoms with van der Waals surface area (Å²) in [5.74, 6) is 2.30. The Balaban J connectivity index is 2.27. The van der Waals surface area contributed by atoms with Crippen LogP contribution in [-0.4, -0.2) is 22.6 Å². The molecular formula is C11H18N4. The molecule has 0 spiro atoms. The molecule has 1 aliphatic rings. The Hall–Kier alpha value is -1.32. The summed E-state index contributed by atoms with van der Waals surface area (Å²) in [4.78, 5) is 10.9. The average molecular weight is 206 g/mol. The van der Waals surface area contributed by atoms with Crippen molar-refractivity contribution in [2.75, 3.05) is 17.2 Å². The van der Waals surface area contributed by atoms with E-state index >= 15 is 0 Å². The van der Waals surface area contributed by atoms with Crippen LogP contribution >= 0.6 is 0 Å². The second-order valence-corrected chi connectivity index (χ2v) is 4.24. The lowest BCUT2D eigenvalue weighted by atomic mass is 10.0. The largest absolute Gasteiger partial charge is 0.384 e. The van der Waals surface area contributed by atoms with Crippen LogP contribution in [0.2, 0.25) is 0 Å². The van der Waals surface area contributed by atoms with Crippen molar-refractivity contribution in [3.63, 3.8) is 0 Å². The molecule has 1 fully saturated rings. The number of nitrogens with two attached hydrogens (primary N) is 1. The van der Waals surface area contributed by atoms with Gasteiger partial charge in [-0.25, -0.2) is 9.97 Å². The second kappa shape index (κ2) is 4.04. The monoisotopic (exact) mass is 206 g/mol. The van der Waals surface area contributed by atoms with E-state index in [-0.39, 0.29) is 0 Å². The van der Waals surface area contributed by atoms with Gasteiger partial charge in [0, 0.05) is 18.7 Å². The van der Waals surface area contributed by atoms with Gasteiger partial charge in [0.15, 0.2) is 0 Å². The molecule has 0 amide bonds. The predicted molar refractivity (Wildman–Crippen MR) is 61.8 cm³/mol. The van der Waals surface area contributed by atoms with Crippen molar-refractivity contribution in [3.8, 4) is 0 Å². The van der Waals surface area contributed by atoms with Crippen molar-refractivity contribution in [3.05, 3.63) is 11.9 Å². The van der Waals surface area contributed by atoms with Gasteiger partial charge in [-0.05, 0) is 33.1 Å². The summed E-state index contributed by atoms with van der Waals surface area (Å²) in [7, 11) is 0. The third-order valence-electron chi connectivity index (χ3n) is 2.94. The first-order valence-corrected chi connectivity index (χ1v) is 5.54. The fourth-order valence-electron chi connectivity index (χ4n) is 2.16. The van der Waals surface area contributed by atoms with Crippen LogP contribution in [0.3, 0.4) is 0 Å². The number of anilines is 2. The minimum Gasteiger partial charge on any atom is -0.384 e. The summed E-state index contributed by atoms with van der Waals surface area (Å²) in [6, 6.07) is 2.43. The molecule has 1 atom stereocenters. The van der Waals surface area contributed by atoms with Crippen LogP contribution in [0.15, 0.2) is 6.07 Å². The van der Waals surface area contributed by atoms with Crippen LogP contribution < -0.4 is 10.6 Å². The lowest BCUT2D eigenvalue weighted by Crippen LogP contribution is -2.38. The highest BCUT2D eigenvalue weighted by molar-refractivity contribution is 5.47. The molecule has 15 heavy (non-hydrogen) atoms. The predicted octanol–water partition coefficient (Wildman–Crippen LogP) is 1.75. The molecule has 1 aromatic heterocycles. The van der Waals surface area contributed by atoms with E-state index in [0.29, 0.717) is 11.9 Å². The molecule has 2 heterocycles. The Kier molecular flexibility index (Phi) is 2.75. The highest BCUT2D eigenvalue weighted by atomic mass is 15.2. The van der Waals surface area contributed by atoms with E-state index in [1.807, 2.05) is 13.0 Å². The van der Waals surface area contributed by atoms with Crippen molar-refractivity contribution >= 4 is 11.6 Å². The van der Waals surface area contributed by atoms with E-state index in [9.17, 15) is 0 Å². The molecule has 1 aliphatic heterocycles. The highest BCUT2D eigenvalue weighted by Gasteiger charge is 2.19. The van der Waals surface area contributed by atoms with E-state index < -0.39 is 0 Å². The zero-order chi connectivity index (χ0) is 10.8. The summed E-state index contributed by atoms with van der Waals surface area (Å²) in [5.41, 5.74) is 5.73. The van der Waals surface area contributed by atoms with Gasteiger partial charge < -0.3 is 10.6 Å². The van der Waals surface area contributed by atoms with E-state index in [4.69, 9.17) is 5.73 Å². The maximum Gasteiger partial charge on any atom is 0.134 e. The Morgan fingerprint density at radius 1 is 1.40 bits per heavy atom. The van der Waals surface area contributed by atoms with Crippen LogP contribution in [0.1, 0.15) is 32.0 Å². The molecule has 0 saturated carbocycles. The standard InChI is InChI=1S/C11H18N4/c1-8-5-3-4-6-15(8)11-7-10(12)13-9(2)14-11/h7-8H,3-6H2,1-2H3,(H2,12,13,14). The van der Waals surface area contributed by atoms with Crippen molar-refractivity contribution < 1.29 is 0 Å². The summed E-state index contributed by atoms with van der Waals surface area (Å²) < 4.78 is 0. The lowest BCUT2D eigenvalue weighted by molar-refractivity contribution is 0.481. The molecule has 82 valence electrons. The molecule has 0 aliphatic carbocycles. The minimum absolute atomic E-state index is 0.562. The van der Waals surface area contributed by atoms with E-state index in [2.05, 4.69) is 21.8 Å². The molecule has 1 saturated heterocycles. The van der Waals surface area contributed by atoms with Crippen LogP contribution in [0.25, 0.3) is 0 Å². The normalized spacial score (nSPS) is 21.7. The topological polar surface area (TPSA) is 55.0 Å². The molecule has 1 unspecified atom stereocenters. The van der Waals surface area contributed by atoms with Gasteiger partial charge in [0.05, 0.1) is 0 Å². The number of hydrogen-bond acceptors (Lipinski definition) is 4. The molecule has 0 aromatic carbocycles. The fraction of sp³-hybridized carbons (Fsp3) is 0.636. The van der Waals surface area contributed by atoms with Gasteiger partial charge in [0.25, 0.3) is 0 Å². The Morgan fingerprint density at radius 3 is 2.87 bits per heavy atom. The van der Waals surface area contributed by atoms with E-state index in [0.717, 1.165) is 18.2 Å². The first kappa shape index (κ1) is 10.2. The number of nitrogens with zero attached hydrogens (tertiary/aromatic N) is 3. The van der Waals surface area contributed by atoms with E-state index in [1.165, 1.54) is 19.3 Å². The number of aryl methyl sites for hydroxylation is 1. The van der Waals surface area contributed by atoms with Gasteiger partial charge in [-0.3, -0.25) is 0 Å². The van der Waals surface area contributed by atoms with Gasteiger partial charge in [0.1, 0.15) is 17.5 Å². The molecule has 1 aromatic rings. The summed E-state index contributed by atoms with van der Waals surface area (Å²) in [5, 5.41) is 0. The number of nitrogen functional groups attached to an aromatic ring is 1. The first-order chi connectivity index (χ1) is 7.16. The van der Waals surface area contributed by atoms with Crippen molar-refractivity contribution in [1.82, 2.24) is 9.97 Å². The number of aromatic nitrogens is 2. The summed E-state index contributed by atoms with van der Waals surface area (Å²) >= 11 is 0. The second-order valence-electron chi connectivity index (χ2n) is 4.24. The van der Waals surface area contributed by atoms with Gasteiger partial charge in [-0.2, -0.15) is 0 Å². The zero-order valence-electron chi connectivity index (χ0n) is 9.40. The molecule has 0 bridgehead atoms. The zero-order valence-corrected chi connectivity index (χ0v) is 9.40. The Morgan fingerprint density at radius 2 is 2.20 bits per heavy atom. The van der Waals surface area contributed by atoms with Gasteiger partial charge in [-0.15, -0.1) is 0 Å². The van der Waals surface area contributed by atoms with Crippen molar-refractivity contribution in [1.29, 1.82) is 0 Å². The molecular weight excluding hydrogens is 188 g/mol. The van der Waals surface area contributed by atoms with Crippen LogP contribution in [0.4, 0.5) is 11.6 Å². The average Bonchev–Trinajstić information content (AvgIpc) is 2.16. The minimum atomic E-state index is 0.562. The van der Waals surface area contributed by atoms with Gasteiger partial charge in [0.2, 0.25) is 0 Å². The van der Waals surface area contributed by atoms with Gasteiger partial charge >= 0.3 is 0 Å². The summed E-state index contributed by atoms with van der Waals surface area (Å²) in [6.45, 7) is 5.21. The quantitative estimate of drug-likeness (QED) is 0.760.